The minimum absolute atomic E-state index is 0.0251. The highest BCUT2D eigenvalue weighted by atomic mass is 35.5. The van der Waals surface area contributed by atoms with Gasteiger partial charge in [-0.1, -0.05) is 48.0 Å². The Bertz CT molecular complexity index is 2240. The van der Waals surface area contributed by atoms with Crippen molar-refractivity contribution in [3.8, 4) is 11.1 Å². The average molecular weight is 885 g/mol. The molecular weight excluding hydrogens is 841 g/mol. The molecule has 58 heavy (non-hydrogen) atoms. The van der Waals surface area contributed by atoms with E-state index in [-0.39, 0.29) is 30.9 Å². The molecule has 4 aromatic rings. The first kappa shape index (κ1) is 45.2. The van der Waals surface area contributed by atoms with Gasteiger partial charge in [0, 0.05) is 29.4 Å². The zero-order valence-electron chi connectivity index (χ0n) is 30.9. The molecule has 1 aliphatic heterocycles. The SMILES string of the molecule is O=C(NS(=O)(=O)c1ccc(N[C@H](S)CCNCC[C@H](O)CO)c(S(=O)(=O)C(F)(F)F)c1)c1ccc(N2CCC([C@@H](O)c3ccccc3-c3ccc(Cl)cc3)CC2)cc1. The van der Waals surface area contributed by atoms with Crippen LogP contribution < -0.4 is 20.3 Å². The minimum atomic E-state index is -6.07. The zero-order chi connectivity index (χ0) is 42.3. The van der Waals surface area contributed by atoms with Gasteiger partial charge < -0.3 is 30.9 Å². The predicted octanol–water partition coefficient (Wildman–Crippen LogP) is 5.76. The maximum atomic E-state index is 13.7. The fourth-order valence-corrected chi connectivity index (χ4v) is 8.97. The van der Waals surface area contributed by atoms with Crippen LogP contribution in [0.2, 0.25) is 5.02 Å². The number of sulfone groups is 1. The van der Waals surface area contributed by atoms with E-state index in [0.717, 1.165) is 34.5 Å². The number of nitrogens with zero attached hydrogens (tertiary/aromatic N) is 1. The van der Waals surface area contributed by atoms with Gasteiger partial charge in [0.1, 0.15) is 4.90 Å². The monoisotopic (exact) mass is 884 g/mol. The molecule has 0 unspecified atom stereocenters. The molecule has 0 aliphatic carbocycles. The van der Waals surface area contributed by atoms with Crippen LogP contribution in [0.5, 0.6) is 0 Å². The molecule has 1 saturated heterocycles. The molecule has 0 spiro atoms. The molecule has 4 aromatic carbocycles. The zero-order valence-corrected chi connectivity index (χ0v) is 34.2. The van der Waals surface area contributed by atoms with Crippen molar-refractivity contribution in [3.05, 3.63) is 107 Å². The van der Waals surface area contributed by atoms with E-state index < -0.39 is 70.9 Å². The maximum absolute atomic E-state index is 13.7. The average Bonchev–Trinajstić information content (AvgIpc) is 3.20. The number of amides is 1. The third-order valence-corrected chi connectivity index (χ3v) is 13.3. The molecular formula is C39H44ClF3N4O8S3. The van der Waals surface area contributed by atoms with Crippen LogP contribution in [-0.4, -0.2) is 87.8 Å². The lowest BCUT2D eigenvalue weighted by molar-refractivity contribution is -0.0435. The number of hydrogen-bond acceptors (Lipinski definition) is 12. The largest absolute Gasteiger partial charge is 0.501 e. The molecule has 1 heterocycles. The van der Waals surface area contributed by atoms with Crippen molar-refractivity contribution in [3.63, 3.8) is 0 Å². The van der Waals surface area contributed by atoms with Crippen molar-refractivity contribution in [2.45, 2.75) is 58.6 Å². The van der Waals surface area contributed by atoms with Crippen LogP contribution in [0, 0.1) is 5.92 Å². The number of sulfonamides is 1. The summed E-state index contributed by atoms with van der Waals surface area (Å²) in [5, 5.41) is 35.0. The summed E-state index contributed by atoms with van der Waals surface area (Å²) in [6.07, 6.45) is 0.106. The molecule has 3 atom stereocenters. The molecule has 0 bridgehead atoms. The molecule has 19 heteroatoms. The molecule has 5 rings (SSSR count). The Labute approximate surface area is 345 Å². The molecule has 314 valence electrons. The van der Waals surface area contributed by atoms with Crippen LogP contribution in [-0.2, 0) is 19.9 Å². The summed E-state index contributed by atoms with van der Waals surface area (Å²) in [5.74, 6) is -1.12. The molecule has 1 amide bonds. The first-order valence-electron chi connectivity index (χ1n) is 18.3. The van der Waals surface area contributed by atoms with Crippen LogP contribution in [0.15, 0.2) is 101 Å². The number of anilines is 2. The Morgan fingerprint density at radius 2 is 1.53 bits per heavy atom. The number of nitrogens with one attached hydrogen (secondary N) is 3. The number of thiol groups is 1. The Morgan fingerprint density at radius 3 is 2.17 bits per heavy atom. The van der Waals surface area contributed by atoms with Crippen molar-refractivity contribution in [1.29, 1.82) is 0 Å². The first-order valence-corrected chi connectivity index (χ1v) is 22.1. The fourth-order valence-electron chi connectivity index (χ4n) is 6.55. The van der Waals surface area contributed by atoms with Gasteiger partial charge in [-0.25, -0.2) is 21.6 Å². The van der Waals surface area contributed by atoms with Gasteiger partial charge in [-0.15, -0.1) is 0 Å². The van der Waals surface area contributed by atoms with Crippen molar-refractivity contribution in [2.75, 3.05) is 43.0 Å². The number of aliphatic hydroxyl groups is 3. The Kier molecular flexibility index (Phi) is 15.2. The van der Waals surface area contributed by atoms with Crippen LogP contribution in [0.4, 0.5) is 24.5 Å². The maximum Gasteiger partial charge on any atom is 0.501 e. The van der Waals surface area contributed by atoms with Gasteiger partial charge >= 0.3 is 5.51 Å². The van der Waals surface area contributed by atoms with E-state index in [1.54, 1.807) is 29.0 Å². The summed E-state index contributed by atoms with van der Waals surface area (Å²) in [7, 11) is -10.9. The minimum Gasteiger partial charge on any atom is -0.394 e. The Hall–Kier alpha value is -3.88. The molecule has 1 fully saturated rings. The number of rotatable bonds is 17. The van der Waals surface area contributed by atoms with Crippen LogP contribution in [0.25, 0.3) is 11.1 Å². The van der Waals surface area contributed by atoms with Gasteiger partial charge in [0.2, 0.25) is 0 Å². The third kappa shape index (κ3) is 11.2. The van der Waals surface area contributed by atoms with Crippen molar-refractivity contribution >= 4 is 61.4 Å². The lowest BCUT2D eigenvalue weighted by Gasteiger charge is -2.36. The molecule has 6 N–H and O–H groups in total. The molecule has 1 aliphatic rings. The van der Waals surface area contributed by atoms with E-state index >= 15 is 0 Å². The molecule has 0 radical (unpaired) electrons. The van der Waals surface area contributed by atoms with Crippen LogP contribution in [0.3, 0.4) is 0 Å². The van der Waals surface area contributed by atoms with E-state index in [0.29, 0.717) is 43.6 Å². The quantitative estimate of drug-likeness (QED) is 0.0389. The number of alkyl halides is 3. The lowest BCUT2D eigenvalue weighted by Crippen LogP contribution is -2.35. The normalized spacial score (nSPS) is 15.8. The number of carbonyl (C=O) groups is 1. The second-order valence-electron chi connectivity index (χ2n) is 13.8. The van der Waals surface area contributed by atoms with E-state index in [4.69, 9.17) is 16.7 Å². The summed E-state index contributed by atoms with van der Waals surface area (Å²) in [6, 6.07) is 23.2. The van der Waals surface area contributed by atoms with Gasteiger partial charge in [0.25, 0.3) is 25.8 Å². The molecule has 12 nitrogen and oxygen atoms in total. The van der Waals surface area contributed by atoms with Crippen LogP contribution >= 0.6 is 24.2 Å². The summed E-state index contributed by atoms with van der Waals surface area (Å²) in [4.78, 5) is 12.9. The van der Waals surface area contributed by atoms with E-state index in [9.17, 15) is 45.0 Å². The number of halogens is 4. The standard InChI is InChI=1S/C39H44ClF3N4O8S3/c40-28-9-5-25(6-10-28)32-3-1-2-4-33(32)37(50)26-17-21-47(22-18-26)29-11-7-27(8-12-29)38(51)46-58(54,55)31-13-14-34(35(23-31)57(52,53)39(41,42)43)45-36(56)16-20-44-19-15-30(49)24-48/h1-14,23,26,30,36-37,44-45,48-50,56H,15-22,24H2,(H,46,51)/t30-,36+,37+/m0/s1. The van der Waals surface area contributed by atoms with Gasteiger partial charge in [0.05, 0.1) is 34.8 Å². The fraction of sp³-hybridized carbons (Fsp3) is 0.359. The van der Waals surface area contributed by atoms with E-state index in [1.165, 1.54) is 12.1 Å². The van der Waals surface area contributed by atoms with Crippen molar-refractivity contribution in [2.24, 2.45) is 5.92 Å². The summed E-state index contributed by atoms with van der Waals surface area (Å²) < 4.78 is 94.7. The number of benzene rings is 4. The lowest BCUT2D eigenvalue weighted by atomic mass is 9.84. The van der Waals surface area contributed by atoms with Gasteiger partial charge in [-0.05, 0) is 116 Å². The van der Waals surface area contributed by atoms with Crippen LogP contribution in [0.1, 0.15) is 47.7 Å². The third-order valence-electron chi connectivity index (χ3n) is 9.78. The number of carbonyl (C=O) groups excluding carboxylic acids is 1. The molecule has 0 saturated carbocycles. The number of hydrogen-bond donors (Lipinski definition) is 7. The van der Waals surface area contributed by atoms with E-state index in [2.05, 4.69) is 28.2 Å². The summed E-state index contributed by atoms with van der Waals surface area (Å²) in [5.41, 5.74) is -2.99. The highest BCUT2D eigenvalue weighted by Crippen LogP contribution is 2.38. The summed E-state index contributed by atoms with van der Waals surface area (Å²) >= 11 is 10.3. The Balaban J connectivity index is 1.22. The number of piperidine rings is 1. The van der Waals surface area contributed by atoms with Gasteiger partial charge in [0.15, 0.2) is 0 Å². The van der Waals surface area contributed by atoms with Gasteiger partial charge in [-0.3, -0.25) is 4.79 Å². The second-order valence-corrected chi connectivity index (χ2v) is 18.4. The predicted molar refractivity (Wildman–Crippen MR) is 219 cm³/mol. The van der Waals surface area contributed by atoms with E-state index in [1.807, 2.05) is 36.4 Å². The van der Waals surface area contributed by atoms with Gasteiger partial charge in [-0.2, -0.15) is 25.8 Å². The smallest absolute Gasteiger partial charge is 0.394 e. The first-order chi connectivity index (χ1) is 27.4. The highest BCUT2D eigenvalue weighted by Gasteiger charge is 2.48. The number of aliphatic hydroxyl groups excluding tert-OH is 3. The Morgan fingerprint density at radius 1 is 0.897 bits per heavy atom. The summed E-state index contributed by atoms with van der Waals surface area (Å²) in [6.45, 7) is 1.34. The topological polar surface area (TPSA) is 185 Å². The van der Waals surface area contributed by atoms with Crippen molar-refractivity contribution < 1.29 is 50.1 Å². The van der Waals surface area contributed by atoms with Crippen molar-refractivity contribution in [1.82, 2.24) is 10.0 Å². The molecule has 0 aromatic heterocycles. The highest BCUT2D eigenvalue weighted by molar-refractivity contribution is 7.92. The second kappa shape index (κ2) is 19.5.